The highest BCUT2D eigenvalue weighted by atomic mass is 32.2. The molecule has 1 amide bonds. The number of carbonyl (C=O) groups is 1. The number of amides is 1. The van der Waals surface area contributed by atoms with Gasteiger partial charge in [0, 0.05) is 17.8 Å². The molecule has 0 aliphatic rings. The SMILES string of the molecule is O=C(CN(Cc1ccco1)S(=O)(=O)c1ccccc1F)Nc1cccc([N+](=O)[O-])c1. The molecule has 3 rings (SSSR count). The van der Waals surface area contributed by atoms with Gasteiger partial charge in [0.1, 0.15) is 16.5 Å². The van der Waals surface area contributed by atoms with Gasteiger partial charge in [0.2, 0.25) is 15.9 Å². The molecule has 2 aromatic carbocycles. The van der Waals surface area contributed by atoms with E-state index in [4.69, 9.17) is 4.42 Å². The van der Waals surface area contributed by atoms with Gasteiger partial charge in [-0.15, -0.1) is 0 Å². The third-order valence-corrected chi connectivity index (χ3v) is 5.85. The topological polar surface area (TPSA) is 123 Å². The van der Waals surface area contributed by atoms with Gasteiger partial charge in [-0.25, -0.2) is 12.8 Å². The summed E-state index contributed by atoms with van der Waals surface area (Å²) in [6.45, 7) is -0.980. The number of non-ortho nitro benzene ring substituents is 1. The average molecular weight is 433 g/mol. The van der Waals surface area contributed by atoms with Crippen molar-refractivity contribution in [2.24, 2.45) is 0 Å². The van der Waals surface area contributed by atoms with Crippen molar-refractivity contribution in [3.05, 3.63) is 88.6 Å². The molecule has 1 aromatic heterocycles. The molecule has 0 radical (unpaired) electrons. The van der Waals surface area contributed by atoms with E-state index in [1.807, 2.05) is 0 Å². The van der Waals surface area contributed by atoms with Crippen molar-refractivity contribution in [3.63, 3.8) is 0 Å². The number of hydrogen-bond acceptors (Lipinski definition) is 6. The van der Waals surface area contributed by atoms with E-state index in [9.17, 15) is 27.7 Å². The smallest absolute Gasteiger partial charge is 0.271 e. The van der Waals surface area contributed by atoms with Crippen molar-refractivity contribution in [3.8, 4) is 0 Å². The number of halogens is 1. The number of furan rings is 1. The molecular formula is C19H16FN3O6S. The van der Waals surface area contributed by atoms with Gasteiger partial charge in [0.05, 0.1) is 24.3 Å². The number of nitro benzene ring substituents is 1. The lowest BCUT2D eigenvalue weighted by Crippen LogP contribution is -2.37. The van der Waals surface area contributed by atoms with Crippen LogP contribution < -0.4 is 5.32 Å². The van der Waals surface area contributed by atoms with Gasteiger partial charge in [-0.3, -0.25) is 14.9 Å². The van der Waals surface area contributed by atoms with Crippen LogP contribution in [-0.2, 0) is 21.4 Å². The van der Waals surface area contributed by atoms with Crippen molar-refractivity contribution in [1.29, 1.82) is 0 Å². The Morgan fingerprint density at radius 3 is 2.57 bits per heavy atom. The minimum atomic E-state index is -4.39. The zero-order chi connectivity index (χ0) is 21.7. The number of nitrogens with one attached hydrogen (secondary N) is 1. The summed E-state index contributed by atoms with van der Waals surface area (Å²) in [5.74, 6) is -1.47. The first-order valence-corrected chi connectivity index (χ1v) is 10.0. The number of rotatable bonds is 8. The molecule has 0 spiro atoms. The molecule has 0 saturated heterocycles. The summed E-state index contributed by atoms with van der Waals surface area (Å²) in [6.07, 6.45) is 1.34. The Hall–Kier alpha value is -3.57. The predicted molar refractivity (Wildman–Crippen MR) is 104 cm³/mol. The van der Waals surface area contributed by atoms with Crippen LogP contribution in [0.3, 0.4) is 0 Å². The molecular weight excluding hydrogens is 417 g/mol. The Morgan fingerprint density at radius 1 is 1.13 bits per heavy atom. The van der Waals surface area contributed by atoms with Crippen LogP contribution in [-0.4, -0.2) is 30.1 Å². The summed E-state index contributed by atoms with van der Waals surface area (Å²) in [4.78, 5) is 22.2. The highest BCUT2D eigenvalue weighted by Crippen LogP contribution is 2.22. The van der Waals surface area contributed by atoms with E-state index in [1.165, 1.54) is 42.7 Å². The van der Waals surface area contributed by atoms with Crippen LogP contribution in [0.1, 0.15) is 5.76 Å². The Balaban J connectivity index is 1.86. The molecule has 156 valence electrons. The first-order chi connectivity index (χ1) is 14.3. The first kappa shape index (κ1) is 21.1. The summed E-state index contributed by atoms with van der Waals surface area (Å²) in [5, 5.41) is 13.3. The average Bonchev–Trinajstić information content (AvgIpc) is 3.21. The maximum atomic E-state index is 14.1. The normalized spacial score (nSPS) is 11.4. The van der Waals surface area contributed by atoms with Crippen LogP contribution in [0, 0.1) is 15.9 Å². The Labute approximate surface area is 170 Å². The molecule has 11 heteroatoms. The molecule has 0 unspecified atom stereocenters. The van der Waals surface area contributed by atoms with Crippen LogP contribution in [0.15, 0.2) is 76.2 Å². The van der Waals surface area contributed by atoms with Gasteiger partial charge in [0.15, 0.2) is 0 Å². The van der Waals surface area contributed by atoms with Gasteiger partial charge >= 0.3 is 0 Å². The molecule has 9 nitrogen and oxygen atoms in total. The number of anilines is 1. The maximum Gasteiger partial charge on any atom is 0.271 e. The van der Waals surface area contributed by atoms with E-state index in [-0.39, 0.29) is 23.7 Å². The van der Waals surface area contributed by atoms with E-state index in [2.05, 4.69) is 5.32 Å². The molecule has 0 aliphatic heterocycles. The van der Waals surface area contributed by atoms with Gasteiger partial charge in [-0.1, -0.05) is 18.2 Å². The summed E-state index contributed by atoms with van der Waals surface area (Å²) in [5.41, 5.74) is -0.116. The number of carbonyl (C=O) groups excluding carboxylic acids is 1. The summed E-state index contributed by atoms with van der Waals surface area (Å²) < 4.78 is 46.0. The fourth-order valence-corrected chi connectivity index (χ4v) is 4.08. The van der Waals surface area contributed by atoms with E-state index in [1.54, 1.807) is 6.07 Å². The molecule has 0 atom stereocenters. The zero-order valence-corrected chi connectivity index (χ0v) is 16.2. The number of nitro groups is 1. The lowest BCUT2D eigenvalue weighted by Gasteiger charge is -2.21. The fourth-order valence-electron chi connectivity index (χ4n) is 2.65. The molecule has 0 saturated carbocycles. The standard InChI is InChI=1S/C19H16FN3O6S/c20-17-8-1-2-9-18(17)30(27,28)22(12-16-7-4-10-29-16)13-19(24)21-14-5-3-6-15(11-14)23(25)26/h1-11H,12-13H2,(H,21,24). The largest absolute Gasteiger partial charge is 0.468 e. The van der Waals surface area contributed by atoms with Crippen molar-refractivity contribution < 1.29 is 26.9 Å². The van der Waals surface area contributed by atoms with Crippen LogP contribution in [0.2, 0.25) is 0 Å². The van der Waals surface area contributed by atoms with Gasteiger partial charge < -0.3 is 9.73 Å². The molecule has 0 bridgehead atoms. The van der Waals surface area contributed by atoms with Crippen LogP contribution in [0.5, 0.6) is 0 Å². The highest BCUT2D eigenvalue weighted by molar-refractivity contribution is 7.89. The molecule has 0 fully saturated rings. The van der Waals surface area contributed by atoms with Crippen molar-refractivity contribution in [2.75, 3.05) is 11.9 Å². The van der Waals surface area contributed by atoms with Gasteiger partial charge in [0.25, 0.3) is 5.69 Å². The van der Waals surface area contributed by atoms with E-state index >= 15 is 0 Å². The molecule has 3 aromatic rings. The number of hydrogen-bond donors (Lipinski definition) is 1. The summed E-state index contributed by atoms with van der Waals surface area (Å²) in [6, 6.07) is 13.1. The van der Waals surface area contributed by atoms with Gasteiger partial charge in [-0.2, -0.15) is 4.31 Å². The minimum absolute atomic E-state index is 0.121. The van der Waals surface area contributed by atoms with Crippen molar-refractivity contribution in [1.82, 2.24) is 4.31 Å². The first-order valence-electron chi connectivity index (χ1n) is 8.59. The molecule has 0 aliphatic carbocycles. The monoisotopic (exact) mass is 433 g/mol. The predicted octanol–water partition coefficient (Wildman–Crippen LogP) is 3.16. The van der Waals surface area contributed by atoms with Crippen molar-refractivity contribution in [2.45, 2.75) is 11.4 Å². The van der Waals surface area contributed by atoms with Crippen LogP contribution in [0.4, 0.5) is 15.8 Å². The van der Waals surface area contributed by atoms with Crippen molar-refractivity contribution >= 4 is 27.3 Å². The molecule has 1 N–H and O–H groups in total. The third kappa shape index (κ3) is 4.88. The lowest BCUT2D eigenvalue weighted by molar-refractivity contribution is -0.384. The molecule has 1 heterocycles. The van der Waals surface area contributed by atoms with E-state index in [0.717, 1.165) is 22.5 Å². The lowest BCUT2D eigenvalue weighted by atomic mass is 10.3. The Bertz CT molecular complexity index is 1160. The number of nitrogens with zero attached hydrogens (tertiary/aromatic N) is 2. The van der Waals surface area contributed by atoms with Crippen LogP contribution >= 0.6 is 0 Å². The summed E-state index contributed by atoms with van der Waals surface area (Å²) >= 11 is 0. The van der Waals surface area contributed by atoms with E-state index in [0.29, 0.717) is 0 Å². The zero-order valence-electron chi connectivity index (χ0n) is 15.4. The Morgan fingerprint density at radius 2 is 1.90 bits per heavy atom. The summed E-state index contributed by atoms with van der Waals surface area (Å²) in [7, 11) is -4.39. The van der Waals surface area contributed by atoms with Gasteiger partial charge in [-0.05, 0) is 30.3 Å². The minimum Gasteiger partial charge on any atom is -0.468 e. The number of sulfonamides is 1. The fraction of sp³-hybridized carbons (Fsp3) is 0.105. The second-order valence-electron chi connectivity index (χ2n) is 6.14. The highest BCUT2D eigenvalue weighted by Gasteiger charge is 2.30. The van der Waals surface area contributed by atoms with E-state index < -0.39 is 38.1 Å². The second-order valence-corrected chi connectivity index (χ2v) is 8.04. The van der Waals surface area contributed by atoms with Crippen LogP contribution in [0.25, 0.3) is 0 Å². The maximum absolute atomic E-state index is 14.1. The second kappa shape index (κ2) is 8.84. The third-order valence-electron chi connectivity index (χ3n) is 4.03. The molecule has 30 heavy (non-hydrogen) atoms. The number of benzene rings is 2. The quantitative estimate of drug-likeness (QED) is 0.430. The Kier molecular flexibility index (Phi) is 6.23.